The highest BCUT2D eigenvalue weighted by Crippen LogP contribution is 2.37. The molecule has 0 spiro atoms. The van der Waals surface area contributed by atoms with Crippen LogP contribution in [-0.2, 0) is 4.74 Å². The lowest BCUT2D eigenvalue weighted by molar-refractivity contribution is 0.0940. The molecule has 1 atom stereocenters. The number of fused-ring (bicyclic) bond motifs is 1. The van der Waals surface area contributed by atoms with Crippen molar-refractivity contribution in [1.82, 2.24) is 15.3 Å². The number of aromatic amines is 2. The van der Waals surface area contributed by atoms with Crippen molar-refractivity contribution in [2.75, 3.05) is 19.8 Å². The first-order chi connectivity index (χ1) is 16.1. The van der Waals surface area contributed by atoms with Gasteiger partial charge in [0.15, 0.2) is 0 Å². The molecular weight excluding hydrogens is 418 g/mol. The van der Waals surface area contributed by atoms with Crippen LogP contribution in [-0.4, -0.2) is 35.6 Å². The Labute approximate surface area is 190 Å². The number of nitrogens with one attached hydrogen (secondary N) is 3. The Morgan fingerprint density at radius 2 is 1.91 bits per heavy atom. The van der Waals surface area contributed by atoms with Gasteiger partial charge in [0.25, 0.3) is 11.5 Å². The Morgan fingerprint density at radius 1 is 1.12 bits per heavy atom. The number of hydrogen-bond donors (Lipinski definition) is 3. The quantitative estimate of drug-likeness (QED) is 0.412. The van der Waals surface area contributed by atoms with Crippen LogP contribution in [0.3, 0.4) is 0 Å². The van der Waals surface area contributed by atoms with Crippen LogP contribution in [0.4, 0.5) is 0 Å². The largest absolute Gasteiger partial charge is 0.457 e. The van der Waals surface area contributed by atoms with E-state index in [-0.39, 0.29) is 17.2 Å². The molecule has 0 radical (unpaired) electrons. The van der Waals surface area contributed by atoms with Gasteiger partial charge in [-0.3, -0.25) is 9.59 Å². The number of para-hydroxylation sites is 2. The number of hydrogen-bond acceptors (Lipinski definition) is 4. The van der Waals surface area contributed by atoms with Gasteiger partial charge in [-0.1, -0.05) is 30.3 Å². The molecule has 7 nitrogen and oxygen atoms in total. The van der Waals surface area contributed by atoms with Gasteiger partial charge in [-0.05, 0) is 43.7 Å². The number of H-pyrrole nitrogens is 2. The maximum Gasteiger partial charge on any atom is 0.267 e. The molecule has 4 aromatic rings. The number of ether oxygens (including phenoxy) is 2. The van der Waals surface area contributed by atoms with Gasteiger partial charge in [0.05, 0.1) is 17.7 Å². The predicted molar refractivity (Wildman–Crippen MR) is 127 cm³/mol. The summed E-state index contributed by atoms with van der Waals surface area (Å²) >= 11 is 0. The van der Waals surface area contributed by atoms with Crippen molar-refractivity contribution in [1.29, 1.82) is 0 Å². The molecule has 1 saturated heterocycles. The van der Waals surface area contributed by atoms with Crippen molar-refractivity contribution in [2.45, 2.75) is 13.3 Å². The van der Waals surface area contributed by atoms with Gasteiger partial charge in [-0.2, -0.15) is 0 Å². The number of benzene rings is 2. The Morgan fingerprint density at radius 3 is 2.70 bits per heavy atom. The van der Waals surface area contributed by atoms with E-state index in [4.69, 9.17) is 9.47 Å². The first-order valence-electron chi connectivity index (χ1n) is 11.0. The van der Waals surface area contributed by atoms with Crippen molar-refractivity contribution in [2.24, 2.45) is 5.92 Å². The van der Waals surface area contributed by atoms with E-state index in [1.165, 1.54) is 0 Å². The maximum atomic E-state index is 12.9. The molecule has 7 heteroatoms. The van der Waals surface area contributed by atoms with Crippen LogP contribution in [0.15, 0.2) is 65.5 Å². The monoisotopic (exact) mass is 443 g/mol. The van der Waals surface area contributed by atoms with Crippen LogP contribution in [0, 0.1) is 12.8 Å². The lowest BCUT2D eigenvalue weighted by Gasteiger charge is -2.11. The number of carbonyl (C=O) groups excluding carboxylic acids is 1. The number of rotatable bonds is 6. The summed E-state index contributed by atoms with van der Waals surface area (Å²) in [5, 5.41) is 4.12. The van der Waals surface area contributed by atoms with E-state index in [0.717, 1.165) is 30.0 Å². The molecule has 2 aromatic heterocycles. The highest BCUT2D eigenvalue weighted by atomic mass is 16.5. The molecule has 1 aliphatic heterocycles. The van der Waals surface area contributed by atoms with Crippen molar-refractivity contribution >= 4 is 16.7 Å². The van der Waals surface area contributed by atoms with Crippen molar-refractivity contribution < 1.29 is 14.3 Å². The van der Waals surface area contributed by atoms with Crippen LogP contribution in [0.2, 0.25) is 0 Å². The maximum absolute atomic E-state index is 12.9. The van der Waals surface area contributed by atoms with E-state index in [2.05, 4.69) is 15.3 Å². The van der Waals surface area contributed by atoms with E-state index in [9.17, 15) is 9.59 Å². The van der Waals surface area contributed by atoms with Gasteiger partial charge >= 0.3 is 0 Å². The zero-order chi connectivity index (χ0) is 22.8. The SMILES string of the molecule is Cc1[nH]c(-c2ccccc2Oc2ccccc2)c2cc(C(=O)NCC3CCOC3)[nH]c(=O)c12. The molecule has 5 rings (SSSR count). The van der Waals surface area contributed by atoms with Crippen molar-refractivity contribution in [3.63, 3.8) is 0 Å². The summed E-state index contributed by atoms with van der Waals surface area (Å²) in [5.41, 5.74) is 2.19. The molecular formula is C26H25N3O4. The molecule has 0 aliphatic carbocycles. The molecule has 3 N–H and O–H groups in total. The van der Waals surface area contributed by atoms with Gasteiger partial charge in [0.2, 0.25) is 0 Å². The number of pyridine rings is 1. The van der Waals surface area contributed by atoms with Crippen LogP contribution < -0.4 is 15.6 Å². The smallest absolute Gasteiger partial charge is 0.267 e. The summed E-state index contributed by atoms with van der Waals surface area (Å²) in [4.78, 5) is 31.8. The van der Waals surface area contributed by atoms with Crippen LogP contribution >= 0.6 is 0 Å². The minimum absolute atomic E-state index is 0.230. The van der Waals surface area contributed by atoms with Crippen LogP contribution in [0.25, 0.3) is 22.0 Å². The lowest BCUT2D eigenvalue weighted by Crippen LogP contribution is -2.31. The van der Waals surface area contributed by atoms with Crippen LogP contribution in [0.5, 0.6) is 11.5 Å². The fraction of sp³-hybridized carbons (Fsp3) is 0.231. The Hall–Kier alpha value is -3.84. The molecule has 1 fully saturated rings. The molecule has 1 unspecified atom stereocenters. The molecule has 1 aliphatic rings. The van der Waals surface area contributed by atoms with Gasteiger partial charge in [0.1, 0.15) is 17.2 Å². The Balaban J connectivity index is 1.53. The summed E-state index contributed by atoms with van der Waals surface area (Å²) in [7, 11) is 0. The minimum atomic E-state index is -0.306. The molecule has 2 aromatic carbocycles. The topological polar surface area (TPSA) is 96.2 Å². The molecule has 0 saturated carbocycles. The molecule has 3 heterocycles. The predicted octanol–water partition coefficient (Wildman–Crippen LogP) is 4.39. The summed E-state index contributed by atoms with van der Waals surface area (Å²) in [5.74, 6) is 1.36. The van der Waals surface area contributed by atoms with Gasteiger partial charge < -0.3 is 24.8 Å². The summed E-state index contributed by atoms with van der Waals surface area (Å²) < 4.78 is 11.5. The Bertz CT molecular complexity index is 1350. The highest BCUT2D eigenvalue weighted by molar-refractivity contribution is 6.02. The second kappa shape index (κ2) is 8.96. The minimum Gasteiger partial charge on any atom is -0.457 e. The fourth-order valence-corrected chi connectivity index (χ4v) is 4.24. The first kappa shape index (κ1) is 21.0. The van der Waals surface area contributed by atoms with E-state index < -0.39 is 0 Å². The third kappa shape index (κ3) is 4.27. The van der Waals surface area contributed by atoms with Crippen molar-refractivity contribution in [3.05, 3.63) is 82.4 Å². The zero-order valence-corrected chi connectivity index (χ0v) is 18.3. The van der Waals surface area contributed by atoms with Gasteiger partial charge in [-0.25, -0.2) is 0 Å². The van der Waals surface area contributed by atoms with E-state index in [0.29, 0.717) is 41.3 Å². The zero-order valence-electron chi connectivity index (χ0n) is 18.3. The fourth-order valence-electron chi connectivity index (χ4n) is 4.24. The number of aryl methyl sites for hydroxylation is 1. The van der Waals surface area contributed by atoms with Gasteiger partial charge in [0, 0.05) is 35.7 Å². The number of amides is 1. The summed E-state index contributed by atoms with van der Waals surface area (Å²) in [6.07, 6.45) is 0.926. The van der Waals surface area contributed by atoms with Gasteiger partial charge in [-0.15, -0.1) is 0 Å². The normalized spacial score (nSPS) is 15.6. The third-order valence-corrected chi connectivity index (χ3v) is 5.94. The average Bonchev–Trinajstić information content (AvgIpc) is 3.46. The molecule has 168 valence electrons. The molecule has 33 heavy (non-hydrogen) atoms. The van der Waals surface area contributed by atoms with Crippen LogP contribution in [0.1, 0.15) is 22.6 Å². The third-order valence-electron chi connectivity index (χ3n) is 5.94. The number of aromatic nitrogens is 2. The second-order valence-electron chi connectivity index (χ2n) is 8.28. The lowest BCUT2D eigenvalue weighted by atomic mass is 10.1. The van der Waals surface area contributed by atoms with E-state index in [1.54, 1.807) is 6.07 Å². The highest BCUT2D eigenvalue weighted by Gasteiger charge is 2.20. The van der Waals surface area contributed by atoms with E-state index >= 15 is 0 Å². The summed E-state index contributed by atoms with van der Waals surface area (Å²) in [6, 6.07) is 18.9. The standard InChI is InChI=1S/C26H25N3O4/c1-16-23-20(13-21(29-26(23)31)25(30)27-14-17-11-12-32-15-17)24(28-16)19-9-5-6-10-22(19)33-18-7-3-2-4-8-18/h2-10,13,17,28H,11-12,14-15H2,1H3,(H,27,30)(H,29,31). The molecule has 1 amide bonds. The number of carbonyl (C=O) groups is 1. The summed E-state index contributed by atoms with van der Waals surface area (Å²) in [6.45, 7) is 3.74. The average molecular weight is 444 g/mol. The second-order valence-corrected chi connectivity index (χ2v) is 8.28. The van der Waals surface area contributed by atoms with Crippen molar-refractivity contribution in [3.8, 4) is 22.8 Å². The van der Waals surface area contributed by atoms with E-state index in [1.807, 2.05) is 61.5 Å². The Kier molecular flexibility index (Phi) is 5.71. The molecule has 0 bridgehead atoms. The first-order valence-corrected chi connectivity index (χ1v) is 11.0.